The maximum absolute atomic E-state index is 13.0. The fourth-order valence-electron chi connectivity index (χ4n) is 3.97. The van der Waals surface area contributed by atoms with Gasteiger partial charge in [0.2, 0.25) is 5.82 Å². The Hall–Kier alpha value is -3.52. The first kappa shape index (κ1) is 23.6. The van der Waals surface area contributed by atoms with Gasteiger partial charge >= 0.3 is 6.03 Å². The first-order chi connectivity index (χ1) is 16.3. The lowest BCUT2D eigenvalue weighted by atomic mass is 9.94. The Balaban J connectivity index is 1.80. The molecular weight excluding hydrogens is 456 g/mol. The number of hydrogen-bond donors (Lipinski definition) is 1. The molecule has 3 aromatic rings. The van der Waals surface area contributed by atoms with Gasteiger partial charge in [-0.1, -0.05) is 42.7 Å². The van der Waals surface area contributed by atoms with Crippen LogP contribution in [-0.4, -0.2) is 41.8 Å². The zero-order chi connectivity index (χ0) is 24.4. The van der Waals surface area contributed by atoms with E-state index in [0.29, 0.717) is 40.3 Å². The number of allylic oxidation sites excluding steroid dienone is 1. The van der Waals surface area contributed by atoms with Crippen LogP contribution in [0.5, 0.6) is 11.5 Å². The number of rotatable bonds is 7. The molecule has 9 heteroatoms. The predicted octanol–water partition coefficient (Wildman–Crippen LogP) is 5.56. The lowest BCUT2D eigenvalue weighted by Gasteiger charge is -2.36. The van der Waals surface area contributed by atoms with Gasteiger partial charge in [0, 0.05) is 22.8 Å². The second-order valence-corrected chi connectivity index (χ2v) is 8.87. The first-order valence-corrected chi connectivity index (χ1v) is 11.3. The SMILES string of the molecule is COc1ccc(-c2noc(C3=C(C)N(CC(C)C)C(=O)NC3c3ccc(Cl)cc3)n2)cc1OC. The molecule has 34 heavy (non-hydrogen) atoms. The summed E-state index contributed by atoms with van der Waals surface area (Å²) in [4.78, 5) is 19.4. The summed E-state index contributed by atoms with van der Waals surface area (Å²) >= 11 is 6.09. The second kappa shape index (κ2) is 9.77. The molecule has 8 nitrogen and oxygen atoms in total. The highest BCUT2D eigenvalue weighted by Gasteiger charge is 2.36. The quantitative estimate of drug-likeness (QED) is 0.474. The van der Waals surface area contributed by atoms with Gasteiger partial charge in [0.05, 0.1) is 25.8 Å². The van der Waals surface area contributed by atoms with Gasteiger partial charge in [-0.3, -0.25) is 4.90 Å². The molecule has 0 aliphatic carbocycles. The highest BCUT2D eigenvalue weighted by Crippen LogP contribution is 2.38. The molecule has 0 saturated carbocycles. The van der Waals surface area contributed by atoms with Crippen molar-refractivity contribution in [2.45, 2.75) is 26.8 Å². The Morgan fingerprint density at radius 2 is 1.82 bits per heavy atom. The van der Waals surface area contributed by atoms with E-state index in [-0.39, 0.29) is 11.9 Å². The normalized spacial score (nSPS) is 16.1. The summed E-state index contributed by atoms with van der Waals surface area (Å²) in [7, 11) is 3.15. The van der Waals surface area contributed by atoms with E-state index in [1.54, 1.807) is 43.4 Å². The molecule has 2 aromatic carbocycles. The van der Waals surface area contributed by atoms with Gasteiger partial charge in [0.15, 0.2) is 11.5 Å². The van der Waals surface area contributed by atoms with Crippen LogP contribution in [0.3, 0.4) is 0 Å². The van der Waals surface area contributed by atoms with Gasteiger partial charge in [-0.2, -0.15) is 4.98 Å². The van der Waals surface area contributed by atoms with Gasteiger partial charge < -0.3 is 19.3 Å². The number of carbonyl (C=O) groups is 1. The maximum atomic E-state index is 13.0. The van der Waals surface area contributed by atoms with Gasteiger partial charge in [0.1, 0.15) is 0 Å². The highest BCUT2D eigenvalue weighted by molar-refractivity contribution is 6.30. The Labute approximate surface area is 203 Å². The number of amides is 2. The second-order valence-electron chi connectivity index (χ2n) is 8.43. The summed E-state index contributed by atoms with van der Waals surface area (Å²) in [5.41, 5.74) is 3.08. The van der Waals surface area contributed by atoms with Crippen LogP contribution in [0.15, 0.2) is 52.7 Å². The standard InChI is InChI=1S/C25H27ClN4O4/c1-14(2)13-30-15(3)21(22(27-25(30)31)16-6-9-18(26)10-7-16)24-28-23(29-34-24)17-8-11-19(32-4)20(12-17)33-5/h6-12,14,22H,13H2,1-5H3,(H,27,31). The maximum Gasteiger partial charge on any atom is 0.322 e. The van der Waals surface area contributed by atoms with Crippen LogP contribution in [0.1, 0.15) is 38.3 Å². The molecule has 0 saturated heterocycles. The van der Waals surface area contributed by atoms with E-state index < -0.39 is 6.04 Å². The minimum atomic E-state index is -0.466. The van der Waals surface area contributed by atoms with Crippen LogP contribution in [0.25, 0.3) is 17.0 Å². The molecule has 178 valence electrons. The molecular formula is C25H27ClN4O4. The number of hydrogen-bond acceptors (Lipinski definition) is 6. The summed E-state index contributed by atoms with van der Waals surface area (Å²) in [6.45, 7) is 6.59. The highest BCUT2D eigenvalue weighted by atomic mass is 35.5. The average molecular weight is 483 g/mol. The molecule has 4 rings (SSSR count). The Morgan fingerprint density at radius 3 is 2.47 bits per heavy atom. The molecule has 0 spiro atoms. The van der Waals surface area contributed by atoms with Crippen LogP contribution in [-0.2, 0) is 0 Å². The third-order valence-electron chi connectivity index (χ3n) is 5.65. The summed E-state index contributed by atoms with van der Waals surface area (Å²) in [6, 6.07) is 12.1. The number of carbonyl (C=O) groups excluding carboxylic acids is 1. The summed E-state index contributed by atoms with van der Waals surface area (Å²) < 4.78 is 16.4. The van der Waals surface area contributed by atoms with E-state index in [4.69, 9.17) is 25.6 Å². The zero-order valence-electron chi connectivity index (χ0n) is 19.8. The van der Waals surface area contributed by atoms with Crippen LogP contribution in [0, 0.1) is 5.92 Å². The Morgan fingerprint density at radius 1 is 1.12 bits per heavy atom. The summed E-state index contributed by atoms with van der Waals surface area (Å²) in [5.74, 6) is 2.18. The molecule has 2 heterocycles. The largest absolute Gasteiger partial charge is 0.493 e. The van der Waals surface area contributed by atoms with Crippen molar-refractivity contribution in [3.05, 3.63) is 64.6 Å². The van der Waals surface area contributed by atoms with Gasteiger partial charge in [-0.15, -0.1) is 0 Å². The van der Waals surface area contributed by atoms with Gasteiger partial charge in [-0.25, -0.2) is 4.79 Å². The van der Waals surface area contributed by atoms with Crippen molar-refractivity contribution < 1.29 is 18.8 Å². The smallest absolute Gasteiger partial charge is 0.322 e. The lowest BCUT2D eigenvalue weighted by Crippen LogP contribution is -2.47. The molecule has 1 atom stereocenters. The first-order valence-electron chi connectivity index (χ1n) is 10.9. The Bertz CT molecular complexity index is 1220. The minimum Gasteiger partial charge on any atom is -0.493 e. The number of urea groups is 1. The number of aromatic nitrogens is 2. The van der Waals surface area contributed by atoms with E-state index in [1.165, 1.54) is 0 Å². The van der Waals surface area contributed by atoms with E-state index in [0.717, 1.165) is 16.8 Å². The molecule has 0 fully saturated rings. The van der Waals surface area contributed by atoms with Crippen molar-refractivity contribution in [3.8, 4) is 22.9 Å². The topological polar surface area (TPSA) is 89.7 Å². The predicted molar refractivity (Wildman–Crippen MR) is 130 cm³/mol. The number of nitrogens with one attached hydrogen (secondary N) is 1. The molecule has 0 radical (unpaired) electrons. The molecule has 1 N–H and O–H groups in total. The fraction of sp³-hybridized carbons (Fsp3) is 0.320. The zero-order valence-corrected chi connectivity index (χ0v) is 20.5. The van der Waals surface area contributed by atoms with E-state index in [1.807, 2.05) is 25.1 Å². The molecule has 1 unspecified atom stereocenters. The number of ether oxygens (including phenoxy) is 2. The number of methoxy groups -OCH3 is 2. The van der Waals surface area contributed by atoms with Crippen LogP contribution >= 0.6 is 11.6 Å². The van der Waals surface area contributed by atoms with Gasteiger partial charge in [-0.05, 0) is 48.7 Å². The van der Waals surface area contributed by atoms with E-state index in [2.05, 4.69) is 29.3 Å². The van der Waals surface area contributed by atoms with Crippen LogP contribution < -0.4 is 14.8 Å². The van der Waals surface area contributed by atoms with Crippen molar-refractivity contribution in [1.29, 1.82) is 0 Å². The van der Waals surface area contributed by atoms with Crippen molar-refractivity contribution in [1.82, 2.24) is 20.4 Å². The van der Waals surface area contributed by atoms with Crippen molar-refractivity contribution >= 4 is 23.2 Å². The number of halogens is 1. The van der Waals surface area contributed by atoms with E-state index >= 15 is 0 Å². The fourth-order valence-corrected chi connectivity index (χ4v) is 4.10. The minimum absolute atomic E-state index is 0.172. The van der Waals surface area contributed by atoms with Crippen molar-refractivity contribution in [2.24, 2.45) is 5.92 Å². The number of nitrogens with zero attached hydrogens (tertiary/aromatic N) is 3. The summed E-state index contributed by atoms with van der Waals surface area (Å²) in [5, 5.41) is 7.91. The lowest BCUT2D eigenvalue weighted by molar-refractivity contribution is 0.199. The van der Waals surface area contributed by atoms with Crippen LogP contribution in [0.2, 0.25) is 5.02 Å². The van der Waals surface area contributed by atoms with Gasteiger partial charge in [0.25, 0.3) is 5.89 Å². The third kappa shape index (κ3) is 4.59. The van der Waals surface area contributed by atoms with E-state index in [9.17, 15) is 4.79 Å². The molecule has 1 aliphatic rings. The molecule has 2 amide bonds. The monoisotopic (exact) mass is 482 g/mol. The summed E-state index contributed by atoms with van der Waals surface area (Å²) in [6.07, 6.45) is 0. The molecule has 0 bridgehead atoms. The van der Waals surface area contributed by atoms with Crippen LogP contribution in [0.4, 0.5) is 4.79 Å². The average Bonchev–Trinajstić information content (AvgIpc) is 3.31. The molecule has 1 aromatic heterocycles. The molecule has 1 aliphatic heterocycles. The van der Waals surface area contributed by atoms with Crippen molar-refractivity contribution in [2.75, 3.05) is 20.8 Å². The Kier molecular flexibility index (Phi) is 6.79. The van der Waals surface area contributed by atoms with Crippen molar-refractivity contribution in [3.63, 3.8) is 0 Å². The third-order valence-corrected chi connectivity index (χ3v) is 5.90. The number of benzene rings is 2.